The van der Waals surface area contributed by atoms with E-state index in [0.717, 1.165) is 29.9 Å². The van der Waals surface area contributed by atoms with Crippen molar-refractivity contribution in [1.29, 1.82) is 0 Å². The topological polar surface area (TPSA) is 65.7 Å². The molecule has 0 fully saturated rings. The molecule has 0 amide bonds. The third-order valence-corrected chi connectivity index (χ3v) is 4.07. The molecule has 1 aromatic rings. The maximum atomic E-state index is 6.07. The Morgan fingerprint density at radius 1 is 1.14 bits per heavy atom. The Balaban J connectivity index is 3.35. The fraction of sp³-hybridized carbons (Fsp3) is 0.625. The molecule has 5 nitrogen and oxygen atoms in total. The van der Waals surface area contributed by atoms with Crippen LogP contribution < -0.4 is 20.7 Å². The Labute approximate surface area is 127 Å². The molecule has 1 unspecified atom stereocenters. The minimum Gasteiger partial charge on any atom is -0.497 e. The maximum absolute atomic E-state index is 6.07. The Bertz CT molecular complexity index is 434. The summed E-state index contributed by atoms with van der Waals surface area (Å²) in [6.45, 7) is 6.84. The summed E-state index contributed by atoms with van der Waals surface area (Å²) < 4.78 is 16.9. The molecule has 0 radical (unpaired) electrons. The normalized spacial score (nSPS) is 13.0. The summed E-state index contributed by atoms with van der Waals surface area (Å²) in [5, 5.41) is 0. The predicted molar refractivity (Wildman–Crippen MR) is 84.5 cm³/mol. The minimum atomic E-state index is -0.386. The van der Waals surface area contributed by atoms with Gasteiger partial charge in [0.25, 0.3) is 0 Å². The van der Waals surface area contributed by atoms with Gasteiger partial charge in [-0.25, -0.2) is 5.43 Å². The highest BCUT2D eigenvalue weighted by atomic mass is 16.5. The van der Waals surface area contributed by atoms with Crippen molar-refractivity contribution in [2.75, 3.05) is 20.8 Å². The van der Waals surface area contributed by atoms with Gasteiger partial charge in [-0.05, 0) is 38.0 Å². The molecule has 1 rings (SSSR count). The number of hydrogen-bond donors (Lipinski definition) is 2. The molecule has 21 heavy (non-hydrogen) atoms. The highest BCUT2D eigenvalue weighted by molar-refractivity contribution is 5.43. The molecule has 0 heterocycles. The molecule has 0 spiro atoms. The van der Waals surface area contributed by atoms with Gasteiger partial charge in [0.05, 0.1) is 25.9 Å². The van der Waals surface area contributed by atoms with E-state index in [1.807, 2.05) is 25.1 Å². The van der Waals surface area contributed by atoms with Gasteiger partial charge in [0, 0.05) is 12.2 Å². The van der Waals surface area contributed by atoms with Crippen molar-refractivity contribution in [2.24, 2.45) is 5.84 Å². The third-order valence-electron chi connectivity index (χ3n) is 4.07. The molecule has 3 N–H and O–H groups in total. The van der Waals surface area contributed by atoms with Gasteiger partial charge < -0.3 is 14.2 Å². The van der Waals surface area contributed by atoms with Crippen molar-refractivity contribution in [3.8, 4) is 11.5 Å². The largest absolute Gasteiger partial charge is 0.497 e. The Hall–Kier alpha value is -1.30. The Morgan fingerprint density at radius 3 is 2.24 bits per heavy atom. The van der Waals surface area contributed by atoms with Crippen LogP contribution in [-0.4, -0.2) is 26.4 Å². The first-order chi connectivity index (χ1) is 10.1. The molecular weight excluding hydrogens is 268 g/mol. The molecule has 0 aliphatic carbocycles. The number of hydrazine groups is 1. The number of ether oxygens (including phenoxy) is 3. The quantitative estimate of drug-likeness (QED) is 0.542. The lowest BCUT2D eigenvalue weighted by Crippen LogP contribution is -2.48. The summed E-state index contributed by atoms with van der Waals surface area (Å²) in [6.07, 6.45) is 1.68. The molecule has 0 aliphatic heterocycles. The number of benzene rings is 1. The standard InChI is InChI=1S/C16H28N2O3/c1-6-16(7-2,21-8-3)15(18-17)13-11-12(19-4)9-10-14(13)20-5/h9-11,15,18H,6-8,17H2,1-5H3. The minimum absolute atomic E-state index is 0.183. The van der Waals surface area contributed by atoms with Gasteiger partial charge in [-0.15, -0.1) is 0 Å². The summed E-state index contributed by atoms with van der Waals surface area (Å²) >= 11 is 0. The van der Waals surface area contributed by atoms with Crippen LogP contribution in [0.3, 0.4) is 0 Å². The van der Waals surface area contributed by atoms with Crippen molar-refractivity contribution >= 4 is 0 Å². The van der Waals surface area contributed by atoms with E-state index < -0.39 is 0 Å². The summed E-state index contributed by atoms with van der Waals surface area (Å²) in [7, 11) is 3.30. The summed E-state index contributed by atoms with van der Waals surface area (Å²) in [4.78, 5) is 0. The zero-order valence-electron chi connectivity index (χ0n) is 13.7. The average molecular weight is 296 g/mol. The molecule has 1 aromatic carbocycles. The van der Waals surface area contributed by atoms with Crippen molar-refractivity contribution in [2.45, 2.75) is 45.3 Å². The zero-order valence-corrected chi connectivity index (χ0v) is 13.7. The van der Waals surface area contributed by atoms with E-state index >= 15 is 0 Å². The van der Waals surface area contributed by atoms with Crippen molar-refractivity contribution in [1.82, 2.24) is 5.43 Å². The van der Waals surface area contributed by atoms with E-state index in [0.29, 0.717) is 6.61 Å². The molecule has 0 aliphatic rings. The predicted octanol–water partition coefficient (Wildman–Crippen LogP) is 2.80. The molecule has 0 bridgehead atoms. The lowest BCUT2D eigenvalue weighted by molar-refractivity contribution is -0.0738. The summed E-state index contributed by atoms with van der Waals surface area (Å²) in [5.74, 6) is 7.40. The van der Waals surface area contributed by atoms with Gasteiger partial charge in [0.2, 0.25) is 0 Å². The number of hydrogen-bond acceptors (Lipinski definition) is 5. The number of nitrogens with one attached hydrogen (secondary N) is 1. The summed E-state index contributed by atoms with van der Waals surface area (Å²) in [5.41, 5.74) is 3.47. The zero-order chi connectivity index (χ0) is 15.9. The monoisotopic (exact) mass is 296 g/mol. The second kappa shape index (κ2) is 8.22. The van der Waals surface area contributed by atoms with E-state index in [2.05, 4.69) is 19.3 Å². The SMILES string of the molecule is CCOC(CC)(CC)C(NN)c1cc(OC)ccc1OC. The van der Waals surface area contributed by atoms with Crippen LogP contribution in [0.2, 0.25) is 0 Å². The van der Waals surface area contributed by atoms with Crippen LogP contribution in [0.5, 0.6) is 11.5 Å². The van der Waals surface area contributed by atoms with Crippen LogP contribution in [0, 0.1) is 0 Å². The van der Waals surface area contributed by atoms with E-state index in [1.165, 1.54) is 0 Å². The van der Waals surface area contributed by atoms with Gasteiger partial charge in [-0.3, -0.25) is 5.84 Å². The van der Waals surface area contributed by atoms with Crippen molar-refractivity contribution in [3.63, 3.8) is 0 Å². The van der Waals surface area contributed by atoms with Crippen LogP contribution in [0.1, 0.15) is 45.2 Å². The van der Waals surface area contributed by atoms with E-state index in [1.54, 1.807) is 14.2 Å². The number of nitrogens with two attached hydrogens (primary N) is 1. The molecule has 120 valence electrons. The fourth-order valence-corrected chi connectivity index (χ4v) is 2.82. The molecule has 0 aromatic heterocycles. The average Bonchev–Trinajstić information content (AvgIpc) is 2.54. The van der Waals surface area contributed by atoms with Crippen LogP contribution in [-0.2, 0) is 4.74 Å². The van der Waals surface area contributed by atoms with Gasteiger partial charge >= 0.3 is 0 Å². The second-order valence-electron chi connectivity index (χ2n) is 4.91. The van der Waals surface area contributed by atoms with Crippen LogP contribution in [0.15, 0.2) is 18.2 Å². The second-order valence-corrected chi connectivity index (χ2v) is 4.91. The first-order valence-corrected chi connectivity index (χ1v) is 7.44. The van der Waals surface area contributed by atoms with Gasteiger partial charge in [0.15, 0.2) is 0 Å². The van der Waals surface area contributed by atoms with Crippen molar-refractivity contribution < 1.29 is 14.2 Å². The van der Waals surface area contributed by atoms with Crippen LogP contribution in [0.4, 0.5) is 0 Å². The van der Waals surface area contributed by atoms with Crippen LogP contribution >= 0.6 is 0 Å². The molecular formula is C16H28N2O3. The molecule has 1 atom stereocenters. The lowest BCUT2D eigenvalue weighted by atomic mass is 9.83. The van der Waals surface area contributed by atoms with Crippen LogP contribution in [0.25, 0.3) is 0 Å². The first-order valence-electron chi connectivity index (χ1n) is 7.44. The number of rotatable bonds is 9. The Morgan fingerprint density at radius 2 is 1.81 bits per heavy atom. The molecule has 0 saturated heterocycles. The van der Waals surface area contributed by atoms with Gasteiger partial charge in [-0.1, -0.05) is 13.8 Å². The van der Waals surface area contributed by atoms with E-state index in [4.69, 9.17) is 20.1 Å². The molecule has 5 heteroatoms. The number of methoxy groups -OCH3 is 2. The smallest absolute Gasteiger partial charge is 0.124 e. The fourth-order valence-electron chi connectivity index (χ4n) is 2.82. The third kappa shape index (κ3) is 3.67. The lowest BCUT2D eigenvalue weighted by Gasteiger charge is -2.39. The maximum Gasteiger partial charge on any atom is 0.124 e. The summed E-state index contributed by atoms with van der Waals surface area (Å²) in [6, 6.07) is 5.52. The highest BCUT2D eigenvalue weighted by Gasteiger charge is 2.38. The Kier molecular flexibility index (Phi) is 6.95. The first kappa shape index (κ1) is 17.8. The van der Waals surface area contributed by atoms with Crippen molar-refractivity contribution in [3.05, 3.63) is 23.8 Å². The van der Waals surface area contributed by atoms with Gasteiger partial charge in [0.1, 0.15) is 11.5 Å². The molecule has 0 saturated carbocycles. The highest BCUT2D eigenvalue weighted by Crippen LogP contribution is 2.40. The van der Waals surface area contributed by atoms with E-state index in [9.17, 15) is 0 Å². The van der Waals surface area contributed by atoms with Gasteiger partial charge in [-0.2, -0.15) is 0 Å². The van der Waals surface area contributed by atoms with E-state index in [-0.39, 0.29) is 11.6 Å².